The number of pyridine rings is 1. The van der Waals surface area contributed by atoms with Gasteiger partial charge in [0.15, 0.2) is 0 Å². The molecular weight excluding hydrogens is 241 g/mol. The van der Waals surface area contributed by atoms with Crippen molar-refractivity contribution in [1.29, 1.82) is 0 Å². The van der Waals surface area contributed by atoms with Crippen molar-refractivity contribution >= 4 is 5.69 Å². The van der Waals surface area contributed by atoms with Gasteiger partial charge in [-0.3, -0.25) is 4.98 Å². The molecule has 0 saturated carbocycles. The summed E-state index contributed by atoms with van der Waals surface area (Å²) in [6, 6.07) is 10.5. The Balaban J connectivity index is 1.73. The predicted octanol–water partition coefficient (Wildman–Crippen LogP) is 2.76. The molecule has 0 fully saturated rings. The van der Waals surface area contributed by atoms with Gasteiger partial charge in [0.05, 0.1) is 0 Å². The Morgan fingerprint density at radius 2 is 2.00 bits per heavy atom. The first-order valence-corrected chi connectivity index (χ1v) is 6.31. The van der Waals surface area contributed by atoms with Gasteiger partial charge in [-0.05, 0) is 42.9 Å². The molecule has 0 unspecified atom stereocenters. The van der Waals surface area contributed by atoms with E-state index in [1.54, 1.807) is 18.5 Å². The van der Waals surface area contributed by atoms with Gasteiger partial charge in [-0.25, -0.2) is 4.39 Å². The maximum atomic E-state index is 13.0. The summed E-state index contributed by atoms with van der Waals surface area (Å²) in [5.74, 6) is -0.213. The van der Waals surface area contributed by atoms with Crippen LogP contribution in [-0.2, 0) is 6.54 Å². The number of halogens is 1. The molecule has 0 amide bonds. The number of nitrogens with zero attached hydrogens (tertiary/aromatic N) is 2. The molecule has 2 rings (SSSR count). The van der Waals surface area contributed by atoms with Crippen LogP contribution in [0.3, 0.4) is 0 Å². The molecule has 0 spiro atoms. The van der Waals surface area contributed by atoms with Crippen LogP contribution in [0, 0.1) is 5.82 Å². The van der Waals surface area contributed by atoms with Crippen LogP contribution >= 0.6 is 0 Å². The monoisotopic (exact) mass is 259 g/mol. The number of anilines is 1. The highest BCUT2D eigenvalue weighted by molar-refractivity contribution is 5.42. The van der Waals surface area contributed by atoms with E-state index in [1.807, 2.05) is 18.2 Å². The third-order valence-corrected chi connectivity index (χ3v) is 2.85. The average Bonchev–Trinajstić information content (AvgIpc) is 2.40. The minimum absolute atomic E-state index is 0.213. The van der Waals surface area contributed by atoms with Crippen molar-refractivity contribution in [2.24, 2.45) is 0 Å². The summed E-state index contributed by atoms with van der Waals surface area (Å²) in [4.78, 5) is 6.21. The van der Waals surface area contributed by atoms with Crippen molar-refractivity contribution in [2.45, 2.75) is 6.54 Å². The van der Waals surface area contributed by atoms with Crippen molar-refractivity contribution in [1.82, 2.24) is 9.88 Å². The van der Waals surface area contributed by atoms with Crippen molar-refractivity contribution in [3.63, 3.8) is 0 Å². The van der Waals surface area contributed by atoms with Crippen LogP contribution in [0.4, 0.5) is 10.1 Å². The van der Waals surface area contributed by atoms with Crippen LogP contribution < -0.4 is 5.32 Å². The van der Waals surface area contributed by atoms with E-state index in [1.165, 1.54) is 17.7 Å². The quantitative estimate of drug-likeness (QED) is 0.864. The van der Waals surface area contributed by atoms with E-state index in [2.05, 4.69) is 22.2 Å². The van der Waals surface area contributed by atoms with Gasteiger partial charge >= 0.3 is 0 Å². The number of aromatic nitrogens is 1. The Hall–Kier alpha value is -1.94. The number of nitrogens with one attached hydrogen (secondary N) is 1. The first-order valence-electron chi connectivity index (χ1n) is 6.31. The summed E-state index contributed by atoms with van der Waals surface area (Å²) in [5.41, 5.74) is 2.06. The minimum atomic E-state index is -0.213. The van der Waals surface area contributed by atoms with E-state index in [9.17, 15) is 4.39 Å². The van der Waals surface area contributed by atoms with E-state index in [0.717, 1.165) is 25.3 Å². The van der Waals surface area contributed by atoms with Crippen molar-refractivity contribution in [3.8, 4) is 0 Å². The van der Waals surface area contributed by atoms with Crippen LogP contribution in [0.25, 0.3) is 0 Å². The largest absolute Gasteiger partial charge is 0.384 e. The van der Waals surface area contributed by atoms with Gasteiger partial charge in [-0.15, -0.1) is 0 Å². The molecule has 0 atom stereocenters. The molecule has 0 radical (unpaired) electrons. The first kappa shape index (κ1) is 13.5. The molecule has 0 saturated heterocycles. The number of benzene rings is 1. The third kappa shape index (κ3) is 4.67. The Morgan fingerprint density at radius 1 is 1.21 bits per heavy atom. The number of likely N-dealkylation sites (N-methyl/N-ethyl adjacent to an activating group) is 1. The lowest BCUT2D eigenvalue weighted by atomic mass is 10.2. The summed E-state index contributed by atoms with van der Waals surface area (Å²) in [7, 11) is 2.06. The van der Waals surface area contributed by atoms with Crippen LogP contribution in [-0.4, -0.2) is 30.0 Å². The van der Waals surface area contributed by atoms with Gasteiger partial charge in [0.25, 0.3) is 0 Å². The zero-order valence-corrected chi connectivity index (χ0v) is 11.0. The van der Waals surface area contributed by atoms with Crippen LogP contribution in [0.5, 0.6) is 0 Å². The molecule has 1 aromatic heterocycles. The summed E-state index contributed by atoms with van der Waals surface area (Å²) in [6.45, 7) is 2.55. The van der Waals surface area contributed by atoms with Crippen LogP contribution in [0.1, 0.15) is 5.56 Å². The second-order valence-electron chi connectivity index (χ2n) is 4.53. The molecule has 1 aromatic carbocycles. The minimum Gasteiger partial charge on any atom is -0.384 e. The Morgan fingerprint density at radius 3 is 2.74 bits per heavy atom. The molecule has 1 heterocycles. The molecule has 1 N–H and O–H groups in total. The number of rotatable bonds is 6. The normalized spacial score (nSPS) is 10.7. The smallest absolute Gasteiger partial charge is 0.125 e. The molecule has 0 bridgehead atoms. The maximum Gasteiger partial charge on any atom is 0.125 e. The van der Waals surface area contributed by atoms with Gasteiger partial charge < -0.3 is 10.2 Å². The molecule has 0 aliphatic carbocycles. The fraction of sp³-hybridized carbons (Fsp3) is 0.267. The third-order valence-electron chi connectivity index (χ3n) is 2.85. The molecule has 4 heteroatoms. The van der Waals surface area contributed by atoms with E-state index < -0.39 is 0 Å². The van der Waals surface area contributed by atoms with Crippen LogP contribution in [0.15, 0.2) is 48.8 Å². The Bertz CT molecular complexity index is 502. The molecule has 19 heavy (non-hydrogen) atoms. The highest BCUT2D eigenvalue weighted by Gasteiger charge is 2.00. The van der Waals surface area contributed by atoms with Gasteiger partial charge in [0.1, 0.15) is 5.82 Å². The predicted molar refractivity (Wildman–Crippen MR) is 75.5 cm³/mol. The second kappa shape index (κ2) is 6.85. The highest BCUT2D eigenvalue weighted by Crippen LogP contribution is 2.08. The summed E-state index contributed by atoms with van der Waals surface area (Å²) in [5, 5.41) is 3.21. The van der Waals surface area contributed by atoms with Crippen molar-refractivity contribution in [2.75, 3.05) is 25.5 Å². The van der Waals surface area contributed by atoms with E-state index in [4.69, 9.17) is 0 Å². The van der Waals surface area contributed by atoms with E-state index in [-0.39, 0.29) is 5.82 Å². The lowest BCUT2D eigenvalue weighted by Crippen LogP contribution is -2.24. The fourth-order valence-electron chi connectivity index (χ4n) is 1.87. The summed E-state index contributed by atoms with van der Waals surface area (Å²) < 4.78 is 13.0. The average molecular weight is 259 g/mol. The van der Waals surface area contributed by atoms with Gasteiger partial charge in [-0.2, -0.15) is 0 Å². The molecule has 0 aliphatic heterocycles. The number of hydrogen-bond donors (Lipinski definition) is 1. The first-order chi connectivity index (χ1) is 9.24. The molecular formula is C15H18FN3. The molecule has 3 nitrogen and oxygen atoms in total. The fourth-order valence-corrected chi connectivity index (χ4v) is 1.87. The lowest BCUT2D eigenvalue weighted by molar-refractivity contribution is 0.340. The Kier molecular flexibility index (Phi) is 4.86. The van der Waals surface area contributed by atoms with Crippen molar-refractivity contribution in [3.05, 3.63) is 60.2 Å². The molecule has 0 aliphatic rings. The topological polar surface area (TPSA) is 28.2 Å². The zero-order chi connectivity index (χ0) is 13.5. The van der Waals surface area contributed by atoms with Gasteiger partial charge in [0, 0.05) is 37.7 Å². The van der Waals surface area contributed by atoms with Gasteiger partial charge in [0.2, 0.25) is 0 Å². The second-order valence-corrected chi connectivity index (χ2v) is 4.53. The molecule has 2 aromatic rings. The SMILES string of the molecule is CN(CCNc1cccc(F)c1)Cc1ccncc1. The number of hydrogen-bond acceptors (Lipinski definition) is 3. The van der Waals surface area contributed by atoms with E-state index >= 15 is 0 Å². The van der Waals surface area contributed by atoms with Crippen molar-refractivity contribution < 1.29 is 4.39 Å². The summed E-state index contributed by atoms with van der Waals surface area (Å²) >= 11 is 0. The summed E-state index contributed by atoms with van der Waals surface area (Å²) in [6.07, 6.45) is 3.60. The maximum absolute atomic E-state index is 13.0. The standard InChI is InChI=1S/C15H18FN3/c1-19(12-13-5-7-17-8-6-13)10-9-18-15-4-2-3-14(16)11-15/h2-8,11,18H,9-10,12H2,1H3. The highest BCUT2D eigenvalue weighted by atomic mass is 19.1. The Labute approximate surface area is 113 Å². The zero-order valence-electron chi connectivity index (χ0n) is 11.0. The van der Waals surface area contributed by atoms with E-state index in [0.29, 0.717) is 0 Å². The van der Waals surface area contributed by atoms with Gasteiger partial charge in [-0.1, -0.05) is 6.07 Å². The van der Waals surface area contributed by atoms with Crippen LogP contribution in [0.2, 0.25) is 0 Å². The molecule has 100 valence electrons. The lowest BCUT2D eigenvalue weighted by Gasteiger charge is -2.17.